The highest BCUT2D eigenvalue weighted by molar-refractivity contribution is 6.30. The van der Waals surface area contributed by atoms with Gasteiger partial charge in [0.2, 0.25) is 0 Å². The number of ether oxygens (including phenoxy) is 1. The van der Waals surface area contributed by atoms with Crippen molar-refractivity contribution in [3.63, 3.8) is 0 Å². The van der Waals surface area contributed by atoms with Gasteiger partial charge in [-0.1, -0.05) is 11.6 Å². The molecule has 7 nitrogen and oxygen atoms in total. The Morgan fingerprint density at radius 2 is 1.97 bits per heavy atom. The molecule has 31 heavy (non-hydrogen) atoms. The van der Waals surface area contributed by atoms with Gasteiger partial charge in [-0.25, -0.2) is 4.98 Å². The molecule has 0 saturated heterocycles. The summed E-state index contributed by atoms with van der Waals surface area (Å²) in [5.41, 5.74) is 4.53. The van der Waals surface area contributed by atoms with E-state index in [9.17, 15) is 9.59 Å². The van der Waals surface area contributed by atoms with Gasteiger partial charge in [-0.05, 0) is 55.3 Å². The third kappa shape index (κ3) is 3.35. The minimum absolute atomic E-state index is 0.160. The number of fused-ring (bicyclic) bond motifs is 2. The molecule has 0 aliphatic carbocycles. The molecular formula is C23H21ClN4O3. The summed E-state index contributed by atoms with van der Waals surface area (Å²) in [5.74, 6) is 0.610. The van der Waals surface area contributed by atoms with Crippen molar-refractivity contribution in [1.82, 2.24) is 19.0 Å². The predicted molar refractivity (Wildman–Crippen MR) is 118 cm³/mol. The summed E-state index contributed by atoms with van der Waals surface area (Å²) >= 11 is 6.21. The van der Waals surface area contributed by atoms with Gasteiger partial charge in [-0.2, -0.15) is 0 Å². The summed E-state index contributed by atoms with van der Waals surface area (Å²) in [6.07, 6.45) is 3.41. The summed E-state index contributed by atoms with van der Waals surface area (Å²) in [5, 5.41) is 0.624. The van der Waals surface area contributed by atoms with Crippen LogP contribution in [0.5, 0.6) is 5.75 Å². The van der Waals surface area contributed by atoms with Gasteiger partial charge < -0.3 is 18.8 Å². The molecular weight excluding hydrogens is 416 g/mol. The third-order valence-electron chi connectivity index (χ3n) is 5.82. The topological polar surface area (TPSA) is 69.4 Å². The number of rotatable bonds is 3. The van der Waals surface area contributed by atoms with Crippen LogP contribution in [0.15, 0.2) is 53.2 Å². The molecule has 3 aromatic rings. The zero-order valence-electron chi connectivity index (χ0n) is 17.3. The molecule has 2 aromatic heterocycles. The normalized spacial score (nSPS) is 15.6. The van der Waals surface area contributed by atoms with Crippen molar-refractivity contribution >= 4 is 23.1 Å². The number of benzene rings is 1. The van der Waals surface area contributed by atoms with Crippen molar-refractivity contribution in [1.29, 1.82) is 0 Å². The van der Waals surface area contributed by atoms with Crippen LogP contribution in [0.3, 0.4) is 0 Å². The van der Waals surface area contributed by atoms with E-state index in [1.54, 1.807) is 44.8 Å². The lowest BCUT2D eigenvalue weighted by atomic mass is 9.97. The van der Waals surface area contributed by atoms with Crippen molar-refractivity contribution < 1.29 is 9.53 Å². The molecule has 4 heterocycles. The first-order valence-corrected chi connectivity index (χ1v) is 10.5. The number of halogens is 1. The van der Waals surface area contributed by atoms with Gasteiger partial charge in [0.05, 0.1) is 12.0 Å². The van der Waals surface area contributed by atoms with Crippen LogP contribution in [0.4, 0.5) is 0 Å². The molecule has 0 bridgehead atoms. The summed E-state index contributed by atoms with van der Waals surface area (Å²) in [4.78, 5) is 32.2. The lowest BCUT2D eigenvalue weighted by Crippen LogP contribution is -2.45. The minimum Gasteiger partial charge on any atom is -0.489 e. The first kappa shape index (κ1) is 19.6. The quantitative estimate of drug-likeness (QED) is 0.631. The molecule has 2 aliphatic rings. The highest BCUT2D eigenvalue weighted by atomic mass is 35.5. The Hall–Kier alpha value is -3.32. The zero-order chi connectivity index (χ0) is 21.7. The number of carbonyl (C=O) groups excluding carboxylic acids is 1. The average Bonchev–Trinajstić information content (AvgIpc) is 3.18. The summed E-state index contributed by atoms with van der Waals surface area (Å²) in [6.45, 7) is 5.68. The van der Waals surface area contributed by atoms with Crippen LogP contribution in [-0.2, 0) is 6.54 Å². The number of amides is 1. The fraction of sp³-hybridized carbons (Fsp3) is 0.261. The van der Waals surface area contributed by atoms with E-state index in [1.165, 1.54) is 0 Å². The predicted octanol–water partition coefficient (Wildman–Crippen LogP) is 3.32. The van der Waals surface area contributed by atoms with Gasteiger partial charge >= 0.3 is 0 Å². The number of aryl methyl sites for hydroxylation is 1. The second-order valence-corrected chi connectivity index (χ2v) is 8.33. The van der Waals surface area contributed by atoms with Crippen LogP contribution >= 0.6 is 11.6 Å². The van der Waals surface area contributed by atoms with Crippen molar-refractivity contribution in [2.45, 2.75) is 20.4 Å². The van der Waals surface area contributed by atoms with Crippen molar-refractivity contribution in [2.24, 2.45) is 0 Å². The molecule has 0 radical (unpaired) electrons. The van der Waals surface area contributed by atoms with Gasteiger partial charge in [0.15, 0.2) is 0 Å². The summed E-state index contributed by atoms with van der Waals surface area (Å²) < 4.78 is 9.04. The Morgan fingerprint density at radius 1 is 1.13 bits per heavy atom. The van der Waals surface area contributed by atoms with Crippen LogP contribution in [-0.4, -0.2) is 44.6 Å². The smallest absolute Gasteiger partial charge is 0.275 e. The number of carbonyl (C=O) groups is 1. The minimum atomic E-state index is -0.193. The van der Waals surface area contributed by atoms with E-state index in [2.05, 4.69) is 4.98 Å². The molecule has 5 rings (SSSR count). The van der Waals surface area contributed by atoms with Crippen LogP contribution in [0.1, 0.15) is 28.7 Å². The Kier molecular flexibility index (Phi) is 4.70. The Bertz CT molecular complexity index is 1300. The van der Waals surface area contributed by atoms with E-state index in [1.807, 2.05) is 26.0 Å². The molecule has 1 aromatic carbocycles. The van der Waals surface area contributed by atoms with Crippen molar-refractivity contribution in [3.05, 3.63) is 80.8 Å². The monoisotopic (exact) mass is 436 g/mol. The molecule has 8 heteroatoms. The maximum absolute atomic E-state index is 13.2. The number of aromatic nitrogens is 3. The van der Waals surface area contributed by atoms with Gasteiger partial charge in [-0.3, -0.25) is 9.59 Å². The fourth-order valence-corrected chi connectivity index (χ4v) is 4.31. The van der Waals surface area contributed by atoms with Crippen LogP contribution in [0, 0.1) is 6.92 Å². The highest BCUT2D eigenvalue weighted by Gasteiger charge is 2.29. The van der Waals surface area contributed by atoms with Gasteiger partial charge in [-0.15, -0.1) is 0 Å². The summed E-state index contributed by atoms with van der Waals surface area (Å²) in [6, 6.07) is 8.94. The number of hydrogen-bond donors (Lipinski definition) is 0. The first-order valence-electron chi connectivity index (χ1n) is 10.1. The molecule has 0 fully saturated rings. The average molecular weight is 437 g/mol. The van der Waals surface area contributed by atoms with E-state index in [0.717, 1.165) is 28.2 Å². The SMILES string of the molecule is CC1=C(CN2CCn3c(ccc(-n4cnc(C)c4)c3=O)C2=O)c2cc(Cl)ccc2OC1. The maximum atomic E-state index is 13.2. The van der Waals surface area contributed by atoms with Crippen LogP contribution in [0.25, 0.3) is 11.3 Å². The van der Waals surface area contributed by atoms with E-state index in [4.69, 9.17) is 16.3 Å². The van der Waals surface area contributed by atoms with Crippen molar-refractivity contribution in [2.75, 3.05) is 19.7 Å². The first-order chi connectivity index (χ1) is 14.9. The molecule has 0 N–H and O–H groups in total. The van der Waals surface area contributed by atoms with Crippen LogP contribution in [0.2, 0.25) is 5.02 Å². The summed E-state index contributed by atoms with van der Waals surface area (Å²) in [7, 11) is 0. The van der Waals surface area contributed by atoms with E-state index < -0.39 is 0 Å². The standard InChI is InChI=1S/C23H21ClN4O3/c1-14-12-31-21-6-3-16(24)9-17(21)18(14)11-26-7-8-28-20(22(26)29)5-4-19(23(28)30)27-10-15(2)25-13-27/h3-6,9-10,13H,7-8,11-12H2,1-2H3. The van der Waals surface area contributed by atoms with Gasteiger partial charge in [0.25, 0.3) is 11.5 Å². The van der Waals surface area contributed by atoms with Crippen molar-refractivity contribution in [3.8, 4) is 11.4 Å². The number of nitrogens with zero attached hydrogens (tertiary/aromatic N) is 4. The second kappa shape index (κ2) is 7.42. The largest absolute Gasteiger partial charge is 0.489 e. The highest BCUT2D eigenvalue weighted by Crippen LogP contribution is 2.35. The molecule has 0 spiro atoms. The lowest BCUT2D eigenvalue weighted by Gasteiger charge is -2.32. The number of imidazole rings is 1. The fourth-order valence-electron chi connectivity index (χ4n) is 4.14. The van der Waals surface area contributed by atoms with E-state index in [-0.39, 0.29) is 11.5 Å². The van der Waals surface area contributed by atoms with E-state index >= 15 is 0 Å². The molecule has 2 aliphatic heterocycles. The van der Waals surface area contributed by atoms with E-state index in [0.29, 0.717) is 42.6 Å². The number of hydrogen-bond acceptors (Lipinski definition) is 4. The Labute approximate surface area is 184 Å². The molecule has 0 atom stereocenters. The van der Waals surface area contributed by atoms with Gasteiger partial charge in [0, 0.05) is 36.4 Å². The Morgan fingerprint density at radius 3 is 2.74 bits per heavy atom. The molecule has 0 saturated carbocycles. The third-order valence-corrected chi connectivity index (χ3v) is 6.05. The zero-order valence-corrected chi connectivity index (χ0v) is 18.0. The lowest BCUT2D eigenvalue weighted by molar-refractivity contribution is 0.0724. The maximum Gasteiger partial charge on any atom is 0.275 e. The van der Waals surface area contributed by atoms with Crippen LogP contribution < -0.4 is 10.3 Å². The molecule has 1 amide bonds. The second-order valence-electron chi connectivity index (χ2n) is 7.90. The number of pyridine rings is 1. The molecule has 0 unspecified atom stereocenters. The van der Waals surface area contributed by atoms with Gasteiger partial charge in [0.1, 0.15) is 23.7 Å². The molecule has 158 valence electrons. The Balaban J connectivity index is 1.47.